The fourth-order valence-corrected chi connectivity index (χ4v) is 3.93. The van der Waals surface area contributed by atoms with Gasteiger partial charge in [0.05, 0.1) is 16.9 Å². The Labute approximate surface area is 181 Å². The van der Waals surface area contributed by atoms with Crippen LogP contribution in [0.15, 0.2) is 60.8 Å². The molecule has 1 amide bonds. The van der Waals surface area contributed by atoms with Gasteiger partial charge in [0.1, 0.15) is 0 Å². The van der Waals surface area contributed by atoms with Crippen LogP contribution in [0.4, 0.5) is 5.69 Å². The number of halogens is 1. The number of nitrogens with one attached hydrogen (secondary N) is 1. The molecule has 1 aliphatic rings. The minimum absolute atomic E-state index is 0.213. The predicted octanol–water partition coefficient (Wildman–Crippen LogP) is 2.86. The summed E-state index contributed by atoms with van der Waals surface area (Å²) in [4.78, 5) is 17.6. The van der Waals surface area contributed by atoms with Crippen LogP contribution in [0.3, 0.4) is 0 Å². The lowest BCUT2D eigenvalue weighted by Crippen LogP contribution is -2.52. The highest BCUT2D eigenvalue weighted by Crippen LogP contribution is 2.20. The number of amides is 1. The first-order valence-electron chi connectivity index (χ1n) is 10.1. The first kappa shape index (κ1) is 20.4. The maximum absolute atomic E-state index is 12.8. The van der Waals surface area contributed by atoms with Crippen molar-refractivity contribution in [1.82, 2.24) is 25.2 Å². The van der Waals surface area contributed by atoms with Crippen LogP contribution in [0.25, 0.3) is 5.69 Å². The average molecular weight is 425 g/mol. The Morgan fingerprint density at radius 1 is 1.07 bits per heavy atom. The highest BCUT2D eigenvalue weighted by Gasteiger charge is 2.23. The molecule has 2 aromatic carbocycles. The third-order valence-electron chi connectivity index (χ3n) is 5.48. The van der Waals surface area contributed by atoms with Crippen molar-refractivity contribution in [2.45, 2.75) is 13.0 Å². The Hall–Kier alpha value is -2.90. The number of benzene rings is 2. The molecular weight excluding hydrogens is 400 g/mol. The first-order chi connectivity index (χ1) is 14.6. The van der Waals surface area contributed by atoms with Crippen LogP contribution in [0, 0.1) is 0 Å². The molecule has 0 bridgehead atoms. The summed E-state index contributed by atoms with van der Waals surface area (Å²) >= 11 is 6.25. The number of aromatic nitrogens is 3. The van der Waals surface area contributed by atoms with E-state index in [1.807, 2.05) is 24.3 Å². The van der Waals surface area contributed by atoms with Gasteiger partial charge in [0.15, 0.2) is 5.69 Å². The quantitative estimate of drug-likeness (QED) is 0.659. The molecule has 7 nitrogen and oxygen atoms in total. The van der Waals surface area contributed by atoms with Crippen molar-refractivity contribution < 1.29 is 4.79 Å². The number of anilines is 1. The van der Waals surface area contributed by atoms with E-state index in [0.717, 1.165) is 26.2 Å². The van der Waals surface area contributed by atoms with Gasteiger partial charge in [0, 0.05) is 44.5 Å². The van der Waals surface area contributed by atoms with E-state index >= 15 is 0 Å². The Kier molecular flexibility index (Phi) is 6.30. The van der Waals surface area contributed by atoms with Gasteiger partial charge >= 0.3 is 0 Å². The molecule has 1 N–H and O–H groups in total. The van der Waals surface area contributed by atoms with Gasteiger partial charge in [-0.05, 0) is 31.2 Å². The molecule has 156 valence electrons. The molecular formula is C22H25ClN6O. The van der Waals surface area contributed by atoms with E-state index in [0.29, 0.717) is 22.9 Å². The molecule has 3 aromatic rings. The zero-order valence-corrected chi connectivity index (χ0v) is 17.7. The van der Waals surface area contributed by atoms with Gasteiger partial charge in [0.2, 0.25) is 0 Å². The van der Waals surface area contributed by atoms with Crippen LogP contribution in [0.2, 0.25) is 5.02 Å². The molecule has 8 heteroatoms. The lowest BCUT2D eigenvalue weighted by molar-refractivity contribution is 0.0926. The Balaban J connectivity index is 1.32. The van der Waals surface area contributed by atoms with Crippen LogP contribution in [0.5, 0.6) is 0 Å². The fraction of sp³-hybridized carbons (Fsp3) is 0.318. The first-order valence-corrected chi connectivity index (χ1v) is 10.5. The Bertz CT molecular complexity index is 984. The van der Waals surface area contributed by atoms with E-state index in [-0.39, 0.29) is 11.9 Å². The molecule has 1 fully saturated rings. The van der Waals surface area contributed by atoms with Crippen molar-refractivity contribution in [2.75, 3.05) is 37.6 Å². The number of hydrogen-bond acceptors (Lipinski definition) is 5. The van der Waals surface area contributed by atoms with Gasteiger partial charge in [-0.3, -0.25) is 9.69 Å². The summed E-state index contributed by atoms with van der Waals surface area (Å²) < 4.78 is 1.47. The maximum atomic E-state index is 12.8. The minimum Gasteiger partial charge on any atom is -0.369 e. The highest BCUT2D eigenvalue weighted by molar-refractivity contribution is 6.32. The van der Waals surface area contributed by atoms with Crippen LogP contribution < -0.4 is 10.2 Å². The number of piperazine rings is 1. The number of carbonyl (C=O) groups is 1. The predicted molar refractivity (Wildman–Crippen MR) is 118 cm³/mol. The van der Waals surface area contributed by atoms with Crippen molar-refractivity contribution in [3.8, 4) is 5.69 Å². The molecule has 0 saturated carbocycles. The van der Waals surface area contributed by atoms with Gasteiger partial charge in [-0.1, -0.05) is 47.1 Å². The van der Waals surface area contributed by atoms with Crippen LogP contribution in [0.1, 0.15) is 17.4 Å². The van der Waals surface area contributed by atoms with Gasteiger partial charge in [0.25, 0.3) is 5.91 Å². The van der Waals surface area contributed by atoms with Gasteiger partial charge < -0.3 is 10.2 Å². The third-order valence-corrected chi connectivity index (χ3v) is 5.80. The molecule has 1 aromatic heterocycles. The minimum atomic E-state index is -0.213. The SMILES string of the molecule is C[C@@H](CNC(=O)c1cnnn1-c1ccccc1Cl)N1CCN(c2ccccc2)CC1. The Morgan fingerprint density at radius 3 is 2.50 bits per heavy atom. The second-order valence-corrected chi connectivity index (χ2v) is 7.81. The summed E-state index contributed by atoms with van der Waals surface area (Å²) in [6.07, 6.45) is 1.46. The molecule has 1 aliphatic heterocycles. The van der Waals surface area contributed by atoms with Gasteiger partial charge in [-0.2, -0.15) is 0 Å². The molecule has 0 spiro atoms. The van der Waals surface area contributed by atoms with Crippen LogP contribution >= 0.6 is 11.6 Å². The smallest absolute Gasteiger partial charge is 0.271 e. The number of rotatable bonds is 6. The van der Waals surface area contributed by atoms with Crippen LogP contribution in [-0.2, 0) is 0 Å². The van der Waals surface area contributed by atoms with Gasteiger partial charge in [-0.15, -0.1) is 5.10 Å². The zero-order valence-electron chi connectivity index (χ0n) is 16.9. The maximum Gasteiger partial charge on any atom is 0.271 e. The summed E-state index contributed by atoms with van der Waals surface area (Å²) in [6.45, 7) is 6.58. The zero-order chi connectivity index (χ0) is 20.9. The highest BCUT2D eigenvalue weighted by atomic mass is 35.5. The molecule has 1 saturated heterocycles. The second kappa shape index (κ2) is 9.28. The summed E-state index contributed by atoms with van der Waals surface area (Å²) in [6, 6.07) is 18.0. The largest absolute Gasteiger partial charge is 0.369 e. The molecule has 2 heterocycles. The van der Waals surface area contributed by atoms with Crippen LogP contribution in [-0.4, -0.2) is 64.6 Å². The number of hydrogen-bond donors (Lipinski definition) is 1. The monoisotopic (exact) mass is 424 g/mol. The second-order valence-electron chi connectivity index (χ2n) is 7.40. The Morgan fingerprint density at radius 2 is 1.77 bits per heavy atom. The topological polar surface area (TPSA) is 66.3 Å². The summed E-state index contributed by atoms with van der Waals surface area (Å²) in [7, 11) is 0. The fourth-order valence-electron chi connectivity index (χ4n) is 3.71. The van der Waals surface area contributed by atoms with Crippen molar-refractivity contribution >= 4 is 23.2 Å². The third kappa shape index (κ3) is 4.47. The summed E-state index contributed by atoms with van der Waals surface area (Å²) in [5, 5.41) is 11.5. The standard InChI is InChI=1S/C22H25ClN6O/c1-17(27-11-13-28(14-12-27)18-7-3-2-4-8-18)15-24-22(30)21-16-25-26-29(21)20-10-6-5-9-19(20)23/h2-10,16-17H,11-15H2,1H3,(H,24,30)/t17-/m0/s1. The van der Waals surface area contributed by atoms with E-state index in [9.17, 15) is 4.79 Å². The number of para-hydroxylation sites is 2. The van der Waals surface area contributed by atoms with E-state index < -0.39 is 0 Å². The number of carbonyl (C=O) groups excluding carboxylic acids is 1. The van der Waals surface area contributed by atoms with Crippen molar-refractivity contribution in [3.05, 3.63) is 71.5 Å². The summed E-state index contributed by atoms with van der Waals surface area (Å²) in [5.41, 5.74) is 2.26. The molecule has 0 radical (unpaired) electrons. The molecule has 4 rings (SSSR count). The molecule has 0 aliphatic carbocycles. The van der Waals surface area contributed by atoms with E-state index in [1.54, 1.807) is 6.07 Å². The van der Waals surface area contributed by atoms with E-state index in [2.05, 4.69) is 56.6 Å². The van der Waals surface area contributed by atoms with E-state index in [4.69, 9.17) is 11.6 Å². The lowest BCUT2D eigenvalue weighted by Gasteiger charge is -2.39. The molecule has 30 heavy (non-hydrogen) atoms. The number of nitrogens with zero attached hydrogens (tertiary/aromatic N) is 5. The molecule has 0 unspecified atom stereocenters. The lowest BCUT2D eigenvalue weighted by atomic mass is 10.2. The van der Waals surface area contributed by atoms with E-state index in [1.165, 1.54) is 16.6 Å². The van der Waals surface area contributed by atoms with Crippen molar-refractivity contribution in [2.24, 2.45) is 0 Å². The molecule has 1 atom stereocenters. The van der Waals surface area contributed by atoms with Gasteiger partial charge in [-0.25, -0.2) is 4.68 Å². The van der Waals surface area contributed by atoms with Crippen molar-refractivity contribution in [1.29, 1.82) is 0 Å². The van der Waals surface area contributed by atoms with Crippen molar-refractivity contribution in [3.63, 3.8) is 0 Å². The normalized spacial score (nSPS) is 15.7. The average Bonchev–Trinajstić information content (AvgIpc) is 3.28. The summed E-state index contributed by atoms with van der Waals surface area (Å²) in [5.74, 6) is -0.213.